The number of halogens is 1. The summed E-state index contributed by atoms with van der Waals surface area (Å²) in [5.41, 5.74) is 1.09. The number of hydrogen-bond acceptors (Lipinski definition) is 2. The first kappa shape index (κ1) is 17.4. The molecule has 1 unspecified atom stereocenters. The Morgan fingerprint density at radius 1 is 1.30 bits per heavy atom. The van der Waals surface area contributed by atoms with Gasteiger partial charge in [0.1, 0.15) is 0 Å². The third kappa shape index (κ3) is 7.20. The van der Waals surface area contributed by atoms with E-state index in [-0.39, 0.29) is 16.8 Å². The fourth-order valence-corrected chi connectivity index (χ4v) is 2.69. The lowest BCUT2D eigenvalue weighted by molar-refractivity contribution is 0.238. The summed E-state index contributed by atoms with van der Waals surface area (Å²) < 4.78 is 1.28. The Morgan fingerprint density at radius 3 is 2.45 bits per heavy atom. The number of nitrogens with one attached hydrogen (secondary N) is 2. The number of thioether (sulfide) groups is 1. The van der Waals surface area contributed by atoms with Crippen molar-refractivity contribution in [3.05, 3.63) is 34.3 Å². The van der Waals surface area contributed by atoms with Gasteiger partial charge in [-0.15, -0.1) is 0 Å². The number of rotatable bonds is 5. The van der Waals surface area contributed by atoms with E-state index in [9.17, 15) is 4.79 Å². The third-order valence-electron chi connectivity index (χ3n) is 2.64. The van der Waals surface area contributed by atoms with Crippen molar-refractivity contribution in [2.75, 3.05) is 12.3 Å². The quantitative estimate of drug-likeness (QED) is 0.768. The maximum atomic E-state index is 11.8. The molecule has 2 amide bonds. The topological polar surface area (TPSA) is 41.1 Å². The molecule has 1 atom stereocenters. The first-order valence-corrected chi connectivity index (χ1v) is 8.49. The van der Waals surface area contributed by atoms with Gasteiger partial charge in [0.15, 0.2) is 0 Å². The number of benzene rings is 1. The summed E-state index contributed by atoms with van der Waals surface area (Å²) in [7, 11) is 0. The van der Waals surface area contributed by atoms with E-state index in [1.165, 1.54) is 0 Å². The lowest BCUT2D eigenvalue weighted by atomic mass is 10.1. The van der Waals surface area contributed by atoms with E-state index in [4.69, 9.17) is 0 Å². The van der Waals surface area contributed by atoms with Crippen LogP contribution in [0, 0.1) is 0 Å². The molecular formula is C15H23BrN2OS. The minimum Gasteiger partial charge on any atom is -0.337 e. The second-order valence-corrected chi connectivity index (χ2v) is 8.47. The third-order valence-corrected chi connectivity index (χ3v) is 4.44. The van der Waals surface area contributed by atoms with E-state index in [1.54, 1.807) is 0 Å². The van der Waals surface area contributed by atoms with Crippen LogP contribution in [-0.4, -0.2) is 23.1 Å². The van der Waals surface area contributed by atoms with Crippen LogP contribution in [0.2, 0.25) is 0 Å². The zero-order valence-corrected chi connectivity index (χ0v) is 14.9. The molecule has 0 spiro atoms. The van der Waals surface area contributed by atoms with Crippen molar-refractivity contribution < 1.29 is 4.79 Å². The molecule has 1 rings (SSSR count). The summed E-state index contributed by atoms with van der Waals surface area (Å²) >= 11 is 5.25. The number of amides is 2. The van der Waals surface area contributed by atoms with Crippen molar-refractivity contribution in [1.82, 2.24) is 10.6 Å². The van der Waals surface area contributed by atoms with Crippen molar-refractivity contribution in [2.45, 2.75) is 38.5 Å². The van der Waals surface area contributed by atoms with E-state index in [0.717, 1.165) is 15.8 Å². The molecular weight excluding hydrogens is 336 g/mol. The lowest BCUT2D eigenvalue weighted by Gasteiger charge is -2.18. The SMILES string of the molecule is CC(NC(=O)NCCSC(C)(C)C)c1ccc(Br)cc1. The Balaban J connectivity index is 2.30. The van der Waals surface area contributed by atoms with Gasteiger partial charge in [0.05, 0.1) is 6.04 Å². The molecule has 0 aromatic heterocycles. The van der Waals surface area contributed by atoms with Crippen molar-refractivity contribution in [3.8, 4) is 0 Å². The molecule has 112 valence electrons. The first-order valence-electron chi connectivity index (χ1n) is 6.72. The molecule has 20 heavy (non-hydrogen) atoms. The Bertz CT molecular complexity index is 428. The highest BCUT2D eigenvalue weighted by atomic mass is 79.9. The fraction of sp³-hybridized carbons (Fsp3) is 0.533. The molecule has 3 nitrogen and oxygen atoms in total. The zero-order valence-electron chi connectivity index (χ0n) is 12.5. The van der Waals surface area contributed by atoms with Crippen LogP contribution in [0.1, 0.15) is 39.3 Å². The number of hydrogen-bond donors (Lipinski definition) is 2. The predicted molar refractivity (Wildman–Crippen MR) is 91.3 cm³/mol. The van der Waals surface area contributed by atoms with Crippen LogP contribution in [0.25, 0.3) is 0 Å². The van der Waals surface area contributed by atoms with Crippen LogP contribution in [-0.2, 0) is 0 Å². The molecule has 0 radical (unpaired) electrons. The Kier molecular flexibility index (Phi) is 6.89. The van der Waals surface area contributed by atoms with Crippen LogP contribution in [0.4, 0.5) is 4.79 Å². The van der Waals surface area contributed by atoms with Crippen LogP contribution in [0.3, 0.4) is 0 Å². The van der Waals surface area contributed by atoms with E-state index in [1.807, 2.05) is 43.0 Å². The number of carbonyl (C=O) groups excluding carboxylic acids is 1. The summed E-state index contributed by atoms with van der Waals surface area (Å²) in [6.07, 6.45) is 0. The predicted octanol–water partition coefficient (Wildman–Crippen LogP) is 4.34. The lowest BCUT2D eigenvalue weighted by Crippen LogP contribution is -2.38. The van der Waals surface area contributed by atoms with Crippen LogP contribution >= 0.6 is 27.7 Å². The Labute approximate surface area is 134 Å². The Hall–Kier alpha value is -0.680. The molecule has 0 aliphatic rings. The number of carbonyl (C=O) groups is 1. The normalized spacial score (nSPS) is 12.8. The summed E-state index contributed by atoms with van der Waals surface area (Å²) in [4.78, 5) is 11.8. The average molecular weight is 359 g/mol. The first-order chi connectivity index (χ1) is 9.28. The van der Waals surface area contributed by atoms with Crippen LogP contribution in [0.5, 0.6) is 0 Å². The van der Waals surface area contributed by atoms with Crippen molar-refractivity contribution in [3.63, 3.8) is 0 Å². The molecule has 5 heteroatoms. The van der Waals surface area contributed by atoms with Gasteiger partial charge in [0.2, 0.25) is 0 Å². The molecule has 0 aliphatic carbocycles. The molecule has 0 fully saturated rings. The molecule has 0 saturated carbocycles. The largest absolute Gasteiger partial charge is 0.337 e. The van der Waals surface area contributed by atoms with E-state index >= 15 is 0 Å². The van der Waals surface area contributed by atoms with Crippen molar-refractivity contribution in [2.24, 2.45) is 0 Å². The summed E-state index contributed by atoms with van der Waals surface area (Å²) in [5, 5.41) is 5.83. The Morgan fingerprint density at radius 2 is 1.90 bits per heavy atom. The zero-order chi connectivity index (χ0) is 15.2. The van der Waals surface area contributed by atoms with Crippen LogP contribution in [0.15, 0.2) is 28.7 Å². The van der Waals surface area contributed by atoms with Gasteiger partial charge < -0.3 is 10.6 Å². The highest BCUT2D eigenvalue weighted by molar-refractivity contribution is 9.10. The van der Waals surface area contributed by atoms with Crippen molar-refractivity contribution in [1.29, 1.82) is 0 Å². The van der Waals surface area contributed by atoms with Gasteiger partial charge in [-0.3, -0.25) is 0 Å². The minimum absolute atomic E-state index is 0.00151. The average Bonchev–Trinajstić information content (AvgIpc) is 2.34. The van der Waals surface area contributed by atoms with E-state index in [2.05, 4.69) is 47.3 Å². The summed E-state index contributed by atoms with van der Waals surface area (Å²) in [5.74, 6) is 0.920. The minimum atomic E-state index is -0.116. The number of urea groups is 1. The molecule has 0 bridgehead atoms. The second-order valence-electron chi connectivity index (χ2n) is 5.63. The van der Waals surface area contributed by atoms with Gasteiger partial charge in [-0.2, -0.15) is 11.8 Å². The summed E-state index contributed by atoms with van der Waals surface area (Å²) in [6, 6.07) is 7.85. The molecule has 1 aromatic carbocycles. The molecule has 0 saturated heterocycles. The van der Waals surface area contributed by atoms with E-state index < -0.39 is 0 Å². The molecule has 1 aromatic rings. The molecule has 0 heterocycles. The fourth-order valence-electron chi connectivity index (χ4n) is 1.60. The van der Waals surface area contributed by atoms with Gasteiger partial charge in [-0.1, -0.05) is 48.8 Å². The molecule has 0 aliphatic heterocycles. The smallest absolute Gasteiger partial charge is 0.315 e. The maximum absolute atomic E-state index is 11.8. The van der Waals surface area contributed by atoms with E-state index in [0.29, 0.717) is 6.54 Å². The van der Waals surface area contributed by atoms with Crippen molar-refractivity contribution >= 4 is 33.7 Å². The summed E-state index contributed by atoms with van der Waals surface area (Å²) in [6.45, 7) is 9.18. The highest BCUT2D eigenvalue weighted by Crippen LogP contribution is 2.22. The standard InChI is InChI=1S/C15H23BrN2OS/c1-11(12-5-7-13(16)8-6-12)18-14(19)17-9-10-20-15(2,3)4/h5-8,11H,9-10H2,1-4H3,(H2,17,18,19). The van der Waals surface area contributed by atoms with Gasteiger partial charge in [0.25, 0.3) is 0 Å². The maximum Gasteiger partial charge on any atom is 0.315 e. The molecule has 2 N–H and O–H groups in total. The van der Waals surface area contributed by atoms with Gasteiger partial charge in [-0.05, 0) is 24.6 Å². The highest BCUT2D eigenvalue weighted by Gasteiger charge is 2.11. The second kappa shape index (κ2) is 7.93. The van der Waals surface area contributed by atoms with Crippen LogP contribution < -0.4 is 10.6 Å². The van der Waals surface area contributed by atoms with Gasteiger partial charge in [0, 0.05) is 21.5 Å². The monoisotopic (exact) mass is 358 g/mol. The van der Waals surface area contributed by atoms with Gasteiger partial charge >= 0.3 is 6.03 Å². The van der Waals surface area contributed by atoms with Gasteiger partial charge in [-0.25, -0.2) is 4.79 Å².